The molecule has 0 spiro atoms. The fourth-order valence-electron chi connectivity index (χ4n) is 3.16. The van der Waals surface area contributed by atoms with Crippen LogP contribution in [0.15, 0.2) is 36.4 Å². The number of rotatable bonds is 8. The maximum atomic E-state index is 12.5. The summed E-state index contributed by atoms with van der Waals surface area (Å²) >= 11 is 11.7. The summed E-state index contributed by atoms with van der Waals surface area (Å²) in [5.41, 5.74) is 3.08. The lowest BCUT2D eigenvalue weighted by Gasteiger charge is -2.18. The number of carbonyl (C=O) groups excluding carboxylic acids is 4. The van der Waals surface area contributed by atoms with E-state index < -0.39 is 36.2 Å². The van der Waals surface area contributed by atoms with Gasteiger partial charge in [0.1, 0.15) is 0 Å². The Balaban J connectivity index is 1.51. The number of amides is 3. The average molecular weight is 510 g/mol. The van der Waals surface area contributed by atoms with E-state index in [9.17, 15) is 19.2 Å². The Morgan fingerprint density at radius 1 is 1.03 bits per heavy atom. The lowest BCUT2D eigenvalue weighted by molar-refractivity contribution is -0.151. The maximum absolute atomic E-state index is 12.5. The van der Waals surface area contributed by atoms with Crippen molar-refractivity contribution in [1.82, 2.24) is 10.4 Å². The Bertz CT molecular complexity index is 1130. The third-order valence-electron chi connectivity index (χ3n) is 4.89. The Kier molecular flexibility index (Phi) is 8.19. The second-order valence-electron chi connectivity index (χ2n) is 7.20. The van der Waals surface area contributed by atoms with Crippen molar-refractivity contribution >= 4 is 52.6 Å². The maximum Gasteiger partial charge on any atom is 0.311 e. The predicted molar refractivity (Wildman–Crippen MR) is 123 cm³/mol. The summed E-state index contributed by atoms with van der Waals surface area (Å²) in [4.78, 5) is 49.2. The standard InChI is InChI=1S/C22H21Cl2N3O7/c1-32-17-6-3-12(7-18(17)33-2)21(30)26-27-10-13(8-20(27)29)22(31)34-11-19(28)25-14-4-5-15(23)16(24)9-14/h3-7,9,13H,8,10-11H2,1-2H3,(H,25,28)(H,26,30)/t13-/m1/s1. The lowest BCUT2D eigenvalue weighted by atomic mass is 10.1. The van der Waals surface area contributed by atoms with Gasteiger partial charge in [-0.2, -0.15) is 0 Å². The van der Waals surface area contributed by atoms with Gasteiger partial charge in [0.15, 0.2) is 18.1 Å². The van der Waals surface area contributed by atoms with E-state index in [1.807, 2.05) is 0 Å². The monoisotopic (exact) mass is 509 g/mol. The summed E-state index contributed by atoms with van der Waals surface area (Å²) < 4.78 is 15.3. The van der Waals surface area contributed by atoms with Gasteiger partial charge in [-0.3, -0.25) is 29.6 Å². The number of hydrogen-bond acceptors (Lipinski definition) is 7. The molecular weight excluding hydrogens is 489 g/mol. The zero-order valence-electron chi connectivity index (χ0n) is 18.2. The molecule has 0 radical (unpaired) electrons. The highest BCUT2D eigenvalue weighted by Crippen LogP contribution is 2.28. The first-order valence-electron chi connectivity index (χ1n) is 9.96. The van der Waals surface area contributed by atoms with Gasteiger partial charge in [-0.1, -0.05) is 23.2 Å². The first kappa shape index (κ1) is 25.1. The third kappa shape index (κ3) is 6.09. The first-order chi connectivity index (χ1) is 16.2. The van der Waals surface area contributed by atoms with Crippen LogP contribution >= 0.6 is 23.2 Å². The van der Waals surface area contributed by atoms with Crippen LogP contribution in [0.3, 0.4) is 0 Å². The van der Waals surface area contributed by atoms with E-state index in [1.165, 1.54) is 38.5 Å². The number of nitrogens with one attached hydrogen (secondary N) is 2. The van der Waals surface area contributed by atoms with Crippen molar-refractivity contribution in [3.05, 3.63) is 52.0 Å². The molecule has 1 aliphatic rings. The third-order valence-corrected chi connectivity index (χ3v) is 5.63. The van der Waals surface area contributed by atoms with Crippen LogP contribution < -0.4 is 20.2 Å². The molecule has 180 valence electrons. The van der Waals surface area contributed by atoms with Gasteiger partial charge in [-0.25, -0.2) is 0 Å². The van der Waals surface area contributed by atoms with E-state index >= 15 is 0 Å². The SMILES string of the molecule is COc1ccc(C(=O)NN2C[C@H](C(=O)OCC(=O)Nc3ccc(Cl)c(Cl)c3)CC2=O)cc1OC. The molecule has 1 heterocycles. The van der Waals surface area contributed by atoms with Gasteiger partial charge in [-0.15, -0.1) is 0 Å². The number of hydrazine groups is 1. The van der Waals surface area contributed by atoms with E-state index in [2.05, 4.69) is 10.7 Å². The minimum absolute atomic E-state index is 0.0922. The van der Waals surface area contributed by atoms with Crippen molar-refractivity contribution < 1.29 is 33.4 Å². The van der Waals surface area contributed by atoms with Gasteiger partial charge in [0, 0.05) is 17.7 Å². The molecule has 1 atom stereocenters. The highest BCUT2D eigenvalue weighted by molar-refractivity contribution is 6.42. The van der Waals surface area contributed by atoms with Crippen LogP contribution in [0.25, 0.3) is 0 Å². The van der Waals surface area contributed by atoms with E-state index in [-0.39, 0.29) is 23.6 Å². The zero-order chi connectivity index (χ0) is 24.8. The van der Waals surface area contributed by atoms with Crippen LogP contribution in [-0.2, 0) is 19.1 Å². The van der Waals surface area contributed by atoms with Crippen molar-refractivity contribution in [2.45, 2.75) is 6.42 Å². The van der Waals surface area contributed by atoms with Crippen LogP contribution in [-0.4, -0.2) is 56.1 Å². The van der Waals surface area contributed by atoms with Crippen LogP contribution in [0, 0.1) is 5.92 Å². The normalized spacial score (nSPS) is 15.0. The van der Waals surface area contributed by atoms with Crippen LogP contribution in [0.5, 0.6) is 11.5 Å². The summed E-state index contributed by atoms with van der Waals surface area (Å²) in [5, 5.41) is 4.16. The van der Waals surface area contributed by atoms with Gasteiger partial charge < -0.3 is 19.5 Å². The molecule has 0 aromatic heterocycles. The Hall–Kier alpha value is -3.50. The summed E-state index contributed by atoms with van der Waals surface area (Å²) in [5.74, 6) is -2.39. The van der Waals surface area contributed by atoms with E-state index in [4.69, 9.17) is 37.4 Å². The topological polar surface area (TPSA) is 123 Å². The Morgan fingerprint density at radius 2 is 1.76 bits per heavy atom. The summed E-state index contributed by atoms with van der Waals surface area (Å²) in [7, 11) is 2.90. The van der Waals surface area contributed by atoms with E-state index in [0.717, 1.165) is 5.01 Å². The number of esters is 1. The molecule has 12 heteroatoms. The molecule has 1 fully saturated rings. The van der Waals surface area contributed by atoms with Crippen molar-refractivity contribution in [1.29, 1.82) is 0 Å². The molecule has 1 aliphatic heterocycles. The molecule has 3 amide bonds. The van der Waals surface area contributed by atoms with E-state index in [1.54, 1.807) is 12.1 Å². The second kappa shape index (κ2) is 11.1. The number of halogens is 2. The molecule has 0 unspecified atom stereocenters. The molecule has 0 aliphatic carbocycles. The van der Waals surface area contributed by atoms with Gasteiger partial charge in [-0.05, 0) is 36.4 Å². The zero-order valence-corrected chi connectivity index (χ0v) is 19.7. The molecule has 1 saturated heterocycles. The van der Waals surface area contributed by atoms with Crippen LogP contribution in [0.2, 0.25) is 10.0 Å². The molecule has 2 aromatic rings. The molecule has 34 heavy (non-hydrogen) atoms. The number of benzene rings is 2. The van der Waals surface area contributed by atoms with Crippen molar-refractivity contribution in [3.8, 4) is 11.5 Å². The van der Waals surface area contributed by atoms with Crippen LogP contribution in [0.4, 0.5) is 5.69 Å². The summed E-state index contributed by atoms with van der Waals surface area (Å²) in [6, 6.07) is 9.05. The van der Waals surface area contributed by atoms with Crippen molar-refractivity contribution in [2.24, 2.45) is 5.92 Å². The number of methoxy groups -OCH3 is 2. The fourth-order valence-corrected chi connectivity index (χ4v) is 3.46. The Morgan fingerprint density at radius 3 is 2.44 bits per heavy atom. The number of hydrogen-bond donors (Lipinski definition) is 2. The molecule has 2 N–H and O–H groups in total. The van der Waals surface area contributed by atoms with E-state index in [0.29, 0.717) is 22.2 Å². The number of anilines is 1. The lowest BCUT2D eigenvalue weighted by Crippen LogP contribution is -2.43. The largest absolute Gasteiger partial charge is 0.493 e. The van der Waals surface area contributed by atoms with Gasteiger partial charge in [0.2, 0.25) is 5.91 Å². The Labute approximate surface area is 205 Å². The number of carbonyl (C=O) groups is 4. The number of ether oxygens (including phenoxy) is 3. The van der Waals surface area contributed by atoms with Crippen molar-refractivity contribution in [2.75, 3.05) is 32.7 Å². The molecule has 2 aromatic carbocycles. The molecule has 3 rings (SSSR count). The molecule has 0 bridgehead atoms. The number of nitrogens with zero attached hydrogens (tertiary/aromatic N) is 1. The van der Waals surface area contributed by atoms with Crippen molar-refractivity contribution in [3.63, 3.8) is 0 Å². The minimum atomic E-state index is -0.837. The van der Waals surface area contributed by atoms with Gasteiger partial charge in [0.25, 0.3) is 11.8 Å². The molecular formula is C22H21Cl2N3O7. The molecule has 10 nitrogen and oxygen atoms in total. The quantitative estimate of drug-likeness (QED) is 0.524. The summed E-state index contributed by atoms with van der Waals surface area (Å²) in [6.07, 6.45) is -0.167. The van der Waals surface area contributed by atoms with Gasteiger partial charge in [0.05, 0.1) is 36.7 Å². The minimum Gasteiger partial charge on any atom is -0.493 e. The smallest absolute Gasteiger partial charge is 0.311 e. The fraction of sp³-hybridized carbons (Fsp3) is 0.273. The molecule has 0 saturated carbocycles. The highest BCUT2D eigenvalue weighted by Gasteiger charge is 2.36. The van der Waals surface area contributed by atoms with Gasteiger partial charge >= 0.3 is 5.97 Å². The summed E-state index contributed by atoms with van der Waals surface area (Å²) in [6.45, 7) is -0.646. The van der Waals surface area contributed by atoms with Crippen LogP contribution in [0.1, 0.15) is 16.8 Å². The average Bonchev–Trinajstić information content (AvgIpc) is 3.19. The predicted octanol–water partition coefficient (Wildman–Crippen LogP) is 2.69. The first-order valence-corrected chi connectivity index (χ1v) is 10.7. The second-order valence-corrected chi connectivity index (χ2v) is 8.02. The highest BCUT2D eigenvalue weighted by atomic mass is 35.5.